The van der Waals surface area contributed by atoms with Gasteiger partial charge in [0.15, 0.2) is 0 Å². The highest BCUT2D eigenvalue weighted by Crippen LogP contribution is 2.49. The lowest BCUT2D eigenvalue weighted by molar-refractivity contribution is 0.660. The van der Waals surface area contributed by atoms with Crippen molar-refractivity contribution < 1.29 is 0 Å². The summed E-state index contributed by atoms with van der Waals surface area (Å²) in [6.45, 7) is 4.64. The molecule has 8 rings (SSSR count). The first-order chi connectivity index (χ1) is 20.1. The molecule has 0 saturated carbocycles. The number of rotatable bonds is 4. The van der Waals surface area contributed by atoms with E-state index in [0.717, 1.165) is 17.1 Å². The fraction of sp³-hybridized carbons (Fsp3) is 0.0769. The molecule has 0 amide bonds. The van der Waals surface area contributed by atoms with Gasteiger partial charge >= 0.3 is 0 Å². The van der Waals surface area contributed by atoms with Gasteiger partial charge in [0.1, 0.15) is 0 Å². The molecule has 0 aliphatic heterocycles. The maximum absolute atomic E-state index is 3.74. The quantitative estimate of drug-likeness (QED) is 0.241. The summed E-state index contributed by atoms with van der Waals surface area (Å²) >= 11 is 0. The Balaban J connectivity index is 1.16. The van der Waals surface area contributed by atoms with Crippen LogP contribution in [0.5, 0.6) is 0 Å². The van der Waals surface area contributed by atoms with Crippen LogP contribution in [-0.4, -0.2) is 4.57 Å². The lowest BCUT2D eigenvalue weighted by atomic mass is 9.82. The van der Waals surface area contributed by atoms with Crippen molar-refractivity contribution in [1.82, 2.24) is 4.57 Å². The van der Waals surface area contributed by atoms with Gasteiger partial charge < -0.3 is 9.88 Å². The van der Waals surface area contributed by atoms with Crippen molar-refractivity contribution in [2.45, 2.75) is 19.3 Å². The number of para-hydroxylation sites is 3. The molecule has 1 aromatic heterocycles. The number of nitrogens with zero attached hydrogens (tertiary/aromatic N) is 1. The van der Waals surface area contributed by atoms with Crippen LogP contribution in [0.2, 0.25) is 0 Å². The minimum absolute atomic E-state index is 0.0144. The van der Waals surface area contributed by atoms with Crippen LogP contribution in [0.15, 0.2) is 140 Å². The van der Waals surface area contributed by atoms with Gasteiger partial charge in [0.2, 0.25) is 0 Å². The topological polar surface area (TPSA) is 17.0 Å². The van der Waals surface area contributed by atoms with Crippen LogP contribution in [0.1, 0.15) is 25.0 Å². The van der Waals surface area contributed by atoms with Crippen molar-refractivity contribution in [2.24, 2.45) is 0 Å². The van der Waals surface area contributed by atoms with Gasteiger partial charge in [-0.25, -0.2) is 0 Å². The second-order valence-corrected chi connectivity index (χ2v) is 11.5. The highest BCUT2D eigenvalue weighted by Gasteiger charge is 2.35. The summed E-state index contributed by atoms with van der Waals surface area (Å²) in [6, 6.07) is 50.5. The molecular formula is C39H30N2. The number of hydrogen-bond acceptors (Lipinski definition) is 1. The van der Waals surface area contributed by atoms with Gasteiger partial charge in [0.05, 0.1) is 11.0 Å². The standard InChI is InChI=1S/C39H30N2/c1-39(2)34-15-7-3-12-30(34)33-25-27(21-24-35(33)39)40-36-16-8-4-11-29(36)26-19-22-28(23-20-26)41-37-17-9-5-13-31(37)32-14-6-10-18-38(32)41/h3-25,40H,1-2H3. The van der Waals surface area contributed by atoms with Crippen molar-refractivity contribution in [3.8, 4) is 27.9 Å². The molecule has 7 aromatic rings. The molecule has 6 aromatic carbocycles. The average Bonchev–Trinajstić information content (AvgIpc) is 3.47. The van der Waals surface area contributed by atoms with Crippen molar-refractivity contribution in [3.05, 3.63) is 151 Å². The Bertz CT molecular complexity index is 2040. The van der Waals surface area contributed by atoms with E-state index in [1.54, 1.807) is 0 Å². The lowest BCUT2D eigenvalue weighted by Gasteiger charge is -2.21. The summed E-state index contributed by atoms with van der Waals surface area (Å²) in [4.78, 5) is 0. The molecule has 196 valence electrons. The molecule has 2 heteroatoms. The Morgan fingerprint density at radius 2 is 1.10 bits per heavy atom. The maximum atomic E-state index is 3.74. The molecule has 1 N–H and O–H groups in total. The Labute approximate surface area is 240 Å². The van der Waals surface area contributed by atoms with Crippen LogP contribution in [0.4, 0.5) is 11.4 Å². The molecule has 2 nitrogen and oxygen atoms in total. The minimum Gasteiger partial charge on any atom is -0.355 e. The van der Waals surface area contributed by atoms with Crippen LogP contribution in [0, 0.1) is 0 Å². The van der Waals surface area contributed by atoms with Gasteiger partial charge in [-0.1, -0.05) is 111 Å². The van der Waals surface area contributed by atoms with Gasteiger partial charge in [-0.05, 0) is 70.3 Å². The van der Waals surface area contributed by atoms with E-state index in [1.807, 2.05) is 0 Å². The summed E-state index contributed by atoms with van der Waals surface area (Å²) in [6.07, 6.45) is 0. The predicted octanol–water partition coefficient (Wildman–Crippen LogP) is 10.5. The molecule has 0 bridgehead atoms. The number of benzene rings is 6. The Morgan fingerprint density at radius 1 is 0.512 bits per heavy atom. The van der Waals surface area contributed by atoms with E-state index in [2.05, 4.69) is 163 Å². The molecule has 0 radical (unpaired) electrons. The van der Waals surface area contributed by atoms with E-state index < -0.39 is 0 Å². The van der Waals surface area contributed by atoms with Crippen molar-refractivity contribution in [2.75, 3.05) is 5.32 Å². The lowest BCUT2D eigenvalue weighted by Crippen LogP contribution is -2.14. The molecule has 1 aliphatic carbocycles. The van der Waals surface area contributed by atoms with Gasteiger partial charge in [0, 0.05) is 38.8 Å². The van der Waals surface area contributed by atoms with E-state index in [0.29, 0.717) is 0 Å². The van der Waals surface area contributed by atoms with Crippen molar-refractivity contribution in [1.29, 1.82) is 0 Å². The summed E-state index contributed by atoms with van der Waals surface area (Å²) in [7, 11) is 0. The fourth-order valence-corrected chi connectivity index (χ4v) is 6.79. The number of fused-ring (bicyclic) bond motifs is 6. The Hall–Kier alpha value is -5.08. The van der Waals surface area contributed by atoms with Crippen LogP contribution < -0.4 is 5.32 Å². The minimum atomic E-state index is 0.0144. The number of aromatic nitrogens is 1. The first-order valence-electron chi connectivity index (χ1n) is 14.3. The largest absolute Gasteiger partial charge is 0.355 e. The van der Waals surface area contributed by atoms with Crippen molar-refractivity contribution >= 4 is 33.2 Å². The monoisotopic (exact) mass is 526 g/mol. The van der Waals surface area contributed by atoms with Crippen LogP contribution in [-0.2, 0) is 5.41 Å². The van der Waals surface area contributed by atoms with E-state index in [-0.39, 0.29) is 5.41 Å². The van der Waals surface area contributed by atoms with Crippen molar-refractivity contribution in [3.63, 3.8) is 0 Å². The molecule has 0 unspecified atom stereocenters. The highest BCUT2D eigenvalue weighted by molar-refractivity contribution is 6.09. The van der Waals surface area contributed by atoms with Gasteiger partial charge in [-0.3, -0.25) is 0 Å². The zero-order valence-corrected chi connectivity index (χ0v) is 23.2. The molecule has 41 heavy (non-hydrogen) atoms. The van der Waals surface area contributed by atoms with E-state index in [9.17, 15) is 0 Å². The highest BCUT2D eigenvalue weighted by atomic mass is 15.0. The smallest absolute Gasteiger partial charge is 0.0541 e. The third kappa shape index (κ3) is 3.64. The Kier molecular flexibility index (Phi) is 5.20. The zero-order chi connectivity index (χ0) is 27.6. The van der Waals surface area contributed by atoms with E-state index in [1.165, 1.54) is 55.2 Å². The summed E-state index contributed by atoms with van der Waals surface area (Å²) in [5.41, 5.74) is 13.6. The normalized spacial score (nSPS) is 13.3. The predicted molar refractivity (Wildman–Crippen MR) is 174 cm³/mol. The molecule has 1 heterocycles. The van der Waals surface area contributed by atoms with Crippen LogP contribution in [0.25, 0.3) is 49.7 Å². The van der Waals surface area contributed by atoms with Gasteiger partial charge in [0.25, 0.3) is 0 Å². The number of nitrogens with one attached hydrogen (secondary N) is 1. The number of anilines is 2. The first-order valence-corrected chi connectivity index (χ1v) is 14.3. The molecule has 0 spiro atoms. The fourth-order valence-electron chi connectivity index (χ4n) is 6.79. The zero-order valence-electron chi connectivity index (χ0n) is 23.2. The molecule has 0 saturated heterocycles. The Morgan fingerprint density at radius 3 is 1.83 bits per heavy atom. The van der Waals surface area contributed by atoms with Gasteiger partial charge in [-0.2, -0.15) is 0 Å². The second kappa shape index (κ2) is 8.97. The maximum Gasteiger partial charge on any atom is 0.0541 e. The third-order valence-corrected chi connectivity index (χ3v) is 8.81. The van der Waals surface area contributed by atoms with Gasteiger partial charge in [-0.15, -0.1) is 0 Å². The molecule has 0 atom stereocenters. The summed E-state index contributed by atoms with van der Waals surface area (Å²) in [5.74, 6) is 0. The van der Waals surface area contributed by atoms with Crippen LogP contribution in [0.3, 0.4) is 0 Å². The second-order valence-electron chi connectivity index (χ2n) is 11.5. The first kappa shape index (κ1) is 23.8. The molecule has 1 aliphatic rings. The van der Waals surface area contributed by atoms with E-state index in [4.69, 9.17) is 0 Å². The summed E-state index contributed by atoms with van der Waals surface area (Å²) in [5, 5.41) is 6.30. The molecule has 0 fully saturated rings. The van der Waals surface area contributed by atoms with Crippen LogP contribution >= 0.6 is 0 Å². The molecular weight excluding hydrogens is 496 g/mol. The third-order valence-electron chi connectivity index (χ3n) is 8.81. The number of hydrogen-bond donors (Lipinski definition) is 1. The SMILES string of the molecule is CC1(C)c2ccccc2-c2cc(Nc3ccccc3-c3ccc(-n4c5ccccc5c5ccccc54)cc3)ccc21. The average molecular weight is 527 g/mol. The summed E-state index contributed by atoms with van der Waals surface area (Å²) < 4.78 is 2.36. The van der Waals surface area contributed by atoms with E-state index >= 15 is 0 Å².